The minimum absolute atomic E-state index is 0.122. The van der Waals surface area contributed by atoms with Gasteiger partial charge in [-0.05, 0) is 40.5 Å². The molecule has 0 saturated heterocycles. The van der Waals surface area contributed by atoms with Crippen molar-refractivity contribution in [1.82, 2.24) is 15.4 Å². The normalized spacial score (nSPS) is 16.4. The Hall–Kier alpha value is -3.60. The topological polar surface area (TPSA) is 142 Å². The summed E-state index contributed by atoms with van der Waals surface area (Å²) in [4.78, 5) is 36.9. The van der Waals surface area contributed by atoms with E-state index in [-0.39, 0.29) is 4.90 Å². The Morgan fingerprint density at radius 2 is 1.71 bits per heavy atom. The van der Waals surface area contributed by atoms with Crippen molar-refractivity contribution in [3.05, 3.63) is 77.9 Å². The SMILES string of the molecule is O=C(O)C[C@H](NS(=O)(=O)c1ccc2ccccc2c1)C(=O)NC(=O)C1NCCc2ccccc21. The number of rotatable bonds is 7. The number of sulfonamides is 1. The maximum atomic E-state index is 12.9. The first kappa shape index (κ1) is 23.6. The Bertz CT molecular complexity index is 1370. The molecule has 4 N–H and O–H groups in total. The van der Waals surface area contributed by atoms with E-state index in [1.54, 1.807) is 30.3 Å². The van der Waals surface area contributed by atoms with Gasteiger partial charge in [-0.3, -0.25) is 19.7 Å². The summed E-state index contributed by atoms with van der Waals surface area (Å²) in [5.74, 6) is -3.12. The van der Waals surface area contributed by atoms with Gasteiger partial charge in [-0.2, -0.15) is 4.72 Å². The fraction of sp³-hybridized carbons (Fsp3) is 0.208. The van der Waals surface area contributed by atoms with Gasteiger partial charge in [0.2, 0.25) is 21.8 Å². The molecule has 0 saturated carbocycles. The van der Waals surface area contributed by atoms with Crippen molar-refractivity contribution in [2.75, 3.05) is 6.54 Å². The van der Waals surface area contributed by atoms with Crippen LogP contribution in [-0.4, -0.2) is 43.9 Å². The lowest BCUT2D eigenvalue weighted by Crippen LogP contribution is -2.52. The van der Waals surface area contributed by atoms with Gasteiger partial charge in [-0.1, -0.05) is 54.6 Å². The zero-order valence-corrected chi connectivity index (χ0v) is 18.8. The molecule has 10 heteroatoms. The summed E-state index contributed by atoms with van der Waals surface area (Å²) in [7, 11) is -4.25. The zero-order chi connectivity index (χ0) is 24.3. The third-order valence-corrected chi connectivity index (χ3v) is 7.11. The van der Waals surface area contributed by atoms with Crippen LogP contribution in [0, 0.1) is 0 Å². The number of amides is 2. The second kappa shape index (κ2) is 9.72. The van der Waals surface area contributed by atoms with Crippen LogP contribution >= 0.6 is 0 Å². The third-order valence-electron chi connectivity index (χ3n) is 5.64. The molecule has 2 amide bonds. The molecule has 1 aliphatic heterocycles. The Labute approximate surface area is 196 Å². The Kier molecular flexibility index (Phi) is 6.73. The summed E-state index contributed by atoms with van der Waals surface area (Å²) in [6.07, 6.45) is -0.109. The number of carboxylic acids is 1. The van der Waals surface area contributed by atoms with Crippen LogP contribution in [0.2, 0.25) is 0 Å². The number of fused-ring (bicyclic) bond motifs is 2. The summed E-state index contributed by atoms with van der Waals surface area (Å²) in [6, 6.07) is 16.4. The van der Waals surface area contributed by atoms with Crippen LogP contribution < -0.4 is 15.4 Å². The number of carboxylic acid groups (broad SMARTS) is 1. The van der Waals surface area contributed by atoms with Crippen LogP contribution in [-0.2, 0) is 30.8 Å². The second-order valence-corrected chi connectivity index (χ2v) is 9.68. The predicted molar refractivity (Wildman–Crippen MR) is 124 cm³/mol. The summed E-state index contributed by atoms with van der Waals surface area (Å²) < 4.78 is 28.0. The van der Waals surface area contributed by atoms with E-state index < -0.39 is 46.3 Å². The van der Waals surface area contributed by atoms with Crippen LogP contribution in [0.3, 0.4) is 0 Å². The molecule has 3 aromatic rings. The minimum atomic E-state index is -4.25. The standard InChI is InChI=1S/C24H23N3O6S/c28-21(29)14-20(27-34(32,33)18-10-9-15-5-1-2-7-17(15)13-18)23(30)26-24(31)22-19-8-4-3-6-16(19)11-12-25-22/h1-10,13,20,22,25,27H,11-12,14H2,(H,28,29)(H,26,30,31)/t20-,22?/m0/s1. The van der Waals surface area contributed by atoms with Gasteiger partial charge in [0.15, 0.2) is 0 Å². The van der Waals surface area contributed by atoms with Crippen molar-refractivity contribution >= 4 is 38.6 Å². The molecule has 1 aliphatic rings. The van der Waals surface area contributed by atoms with Gasteiger partial charge in [0.1, 0.15) is 12.1 Å². The number of benzene rings is 3. The van der Waals surface area contributed by atoms with Crippen LogP contribution in [0.25, 0.3) is 10.8 Å². The van der Waals surface area contributed by atoms with Crippen LogP contribution in [0.5, 0.6) is 0 Å². The largest absolute Gasteiger partial charge is 0.481 e. The highest BCUT2D eigenvalue weighted by atomic mass is 32.2. The number of carbonyl (C=O) groups is 3. The van der Waals surface area contributed by atoms with Crippen molar-refractivity contribution < 1.29 is 27.9 Å². The van der Waals surface area contributed by atoms with Crippen molar-refractivity contribution in [3.8, 4) is 0 Å². The first-order valence-corrected chi connectivity index (χ1v) is 12.1. The van der Waals surface area contributed by atoms with Gasteiger partial charge in [0.05, 0.1) is 11.3 Å². The summed E-state index contributed by atoms with van der Waals surface area (Å²) in [6.45, 7) is 0.524. The first-order valence-electron chi connectivity index (χ1n) is 10.6. The highest BCUT2D eigenvalue weighted by Gasteiger charge is 2.32. The van der Waals surface area contributed by atoms with E-state index in [0.717, 1.165) is 17.4 Å². The zero-order valence-electron chi connectivity index (χ0n) is 18.0. The third kappa shape index (κ3) is 5.14. The first-order chi connectivity index (χ1) is 16.2. The fourth-order valence-electron chi connectivity index (χ4n) is 3.97. The monoisotopic (exact) mass is 481 g/mol. The van der Waals surface area contributed by atoms with E-state index in [0.29, 0.717) is 17.5 Å². The Balaban J connectivity index is 1.53. The van der Waals surface area contributed by atoms with Gasteiger partial charge >= 0.3 is 5.97 Å². The molecule has 1 unspecified atom stereocenters. The molecule has 0 spiro atoms. The number of nitrogens with one attached hydrogen (secondary N) is 3. The highest BCUT2D eigenvalue weighted by molar-refractivity contribution is 7.89. The van der Waals surface area contributed by atoms with Crippen LogP contribution in [0.4, 0.5) is 0 Å². The molecule has 1 heterocycles. The van der Waals surface area contributed by atoms with Crippen molar-refractivity contribution in [3.63, 3.8) is 0 Å². The van der Waals surface area contributed by atoms with Crippen LogP contribution in [0.15, 0.2) is 71.6 Å². The molecular formula is C24H23N3O6S. The fourth-order valence-corrected chi connectivity index (χ4v) is 5.20. The molecule has 3 aromatic carbocycles. The molecular weight excluding hydrogens is 458 g/mol. The second-order valence-electron chi connectivity index (χ2n) is 7.97. The Morgan fingerprint density at radius 3 is 2.47 bits per heavy atom. The molecule has 0 bridgehead atoms. The predicted octanol–water partition coefficient (Wildman–Crippen LogP) is 1.49. The van der Waals surface area contributed by atoms with Gasteiger partial charge in [-0.25, -0.2) is 8.42 Å². The smallest absolute Gasteiger partial charge is 0.305 e. The highest BCUT2D eigenvalue weighted by Crippen LogP contribution is 2.23. The van der Waals surface area contributed by atoms with Gasteiger partial charge in [-0.15, -0.1) is 0 Å². The molecule has 0 aliphatic carbocycles. The lowest BCUT2D eigenvalue weighted by Gasteiger charge is -2.26. The molecule has 176 valence electrons. The lowest BCUT2D eigenvalue weighted by atomic mass is 9.94. The number of aliphatic carboxylic acids is 1. The summed E-state index contributed by atoms with van der Waals surface area (Å²) in [5, 5.41) is 15.9. The molecule has 34 heavy (non-hydrogen) atoms. The number of hydrogen-bond donors (Lipinski definition) is 4. The molecule has 0 radical (unpaired) electrons. The number of hydrogen-bond acceptors (Lipinski definition) is 6. The van der Waals surface area contributed by atoms with E-state index in [1.807, 2.05) is 24.3 Å². The lowest BCUT2D eigenvalue weighted by molar-refractivity contribution is -0.141. The van der Waals surface area contributed by atoms with Crippen molar-refractivity contribution in [1.29, 1.82) is 0 Å². The molecule has 0 fully saturated rings. The average Bonchev–Trinajstić information content (AvgIpc) is 2.82. The quantitative estimate of drug-likeness (QED) is 0.401. The van der Waals surface area contributed by atoms with Crippen molar-refractivity contribution in [2.45, 2.75) is 29.8 Å². The average molecular weight is 482 g/mol. The van der Waals surface area contributed by atoms with E-state index in [9.17, 15) is 27.9 Å². The minimum Gasteiger partial charge on any atom is -0.481 e. The molecule has 4 rings (SSSR count). The van der Waals surface area contributed by atoms with E-state index >= 15 is 0 Å². The molecule has 9 nitrogen and oxygen atoms in total. The van der Waals surface area contributed by atoms with Crippen molar-refractivity contribution in [2.24, 2.45) is 0 Å². The van der Waals surface area contributed by atoms with Gasteiger partial charge in [0, 0.05) is 6.54 Å². The molecule has 0 aromatic heterocycles. The number of carbonyl (C=O) groups excluding carboxylic acids is 2. The maximum absolute atomic E-state index is 12.9. The number of imide groups is 1. The molecule has 2 atom stereocenters. The van der Waals surface area contributed by atoms with Gasteiger partial charge in [0.25, 0.3) is 0 Å². The van der Waals surface area contributed by atoms with E-state index in [2.05, 4.69) is 15.4 Å². The maximum Gasteiger partial charge on any atom is 0.305 e. The summed E-state index contributed by atoms with van der Waals surface area (Å²) in [5.41, 5.74) is 1.68. The Morgan fingerprint density at radius 1 is 1.00 bits per heavy atom. The van der Waals surface area contributed by atoms with E-state index in [1.165, 1.54) is 12.1 Å². The summed E-state index contributed by atoms with van der Waals surface area (Å²) >= 11 is 0. The van der Waals surface area contributed by atoms with E-state index in [4.69, 9.17) is 0 Å². The van der Waals surface area contributed by atoms with Gasteiger partial charge < -0.3 is 10.4 Å². The van der Waals surface area contributed by atoms with Crippen LogP contribution in [0.1, 0.15) is 23.6 Å².